The fourth-order valence-corrected chi connectivity index (χ4v) is 4.14. The lowest BCUT2D eigenvalue weighted by Crippen LogP contribution is -2.45. The monoisotopic (exact) mass is 354 g/mol. The highest BCUT2D eigenvalue weighted by atomic mass is 32.1. The van der Waals surface area contributed by atoms with Gasteiger partial charge in [0.2, 0.25) is 0 Å². The summed E-state index contributed by atoms with van der Waals surface area (Å²) in [5.74, 6) is 0. The van der Waals surface area contributed by atoms with E-state index in [2.05, 4.69) is 39.0 Å². The molecule has 0 N–H and O–H groups in total. The molecule has 2 aromatic carbocycles. The third kappa shape index (κ3) is 3.47. The minimum atomic E-state index is -0.360. The third-order valence-electron chi connectivity index (χ3n) is 4.46. The van der Waals surface area contributed by atoms with E-state index in [-0.39, 0.29) is 10.6 Å². The Morgan fingerprint density at radius 3 is 2.56 bits per heavy atom. The molecule has 4 rings (SSSR count). The van der Waals surface area contributed by atoms with Crippen LogP contribution in [0.25, 0.3) is 10.2 Å². The smallest absolute Gasteiger partial charge is 0.270 e. The number of nitro benzene ring substituents is 1. The Bertz CT molecular complexity index is 888. The number of thiazole rings is 1. The first-order valence-corrected chi connectivity index (χ1v) is 9.07. The molecular formula is C18H18N4O2S. The second-order valence-corrected chi connectivity index (χ2v) is 7.16. The Balaban J connectivity index is 1.43. The molecule has 0 unspecified atom stereocenters. The van der Waals surface area contributed by atoms with Crippen LogP contribution in [0.4, 0.5) is 10.8 Å². The molecule has 0 spiro atoms. The van der Waals surface area contributed by atoms with Gasteiger partial charge in [0.25, 0.3) is 5.69 Å². The highest BCUT2D eigenvalue weighted by Gasteiger charge is 2.20. The van der Waals surface area contributed by atoms with Crippen LogP contribution in [-0.2, 0) is 6.54 Å². The molecule has 0 atom stereocenters. The largest absolute Gasteiger partial charge is 0.345 e. The number of aromatic nitrogens is 1. The van der Waals surface area contributed by atoms with Crippen molar-refractivity contribution in [3.8, 4) is 0 Å². The van der Waals surface area contributed by atoms with Crippen LogP contribution in [0, 0.1) is 10.1 Å². The second kappa shape index (κ2) is 6.78. The third-order valence-corrected chi connectivity index (χ3v) is 5.54. The molecule has 1 fully saturated rings. The summed E-state index contributed by atoms with van der Waals surface area (Å²) in [6, 6.07) is 15.4. The summed E-state index contributed by atoms with van der Waals surface area (Å²) in [4.78, 5) is 19.9. The lowest BCUT2D eigenvalue weighted by Gasteiger charge is -2.34. The predicted molar refractivity (Wildman–Crippen MR) is 100 cm³/mol. The topological polar surface area (TPSA) is 62.5 Å². The molecule has 1 aliphatic heterocycles. The molecule has 0 aliphatic carbocycles. The summed E-state index contributed by atoms with van der Waals surface area (Å²) in [6.45, 7) is 4.81. The fourth-order valence-electron chi connectivity index (χ4n) is 3.09. The van der Waals surface area contributed by atoms with Gasteiger partial charge in [0.15, 0.2) is 5.13 Å². The van der Waals surface area contributed by atoms with Gasteiger partial charge < -0.3 is 4.90 Å². The van der Waals surface area contributed by atoms with Crippen LogP contribution < -0.4 is 4.90 Å². The van der Waals surface area contributed by atoms with Gasteiger partial charge in [-0.2, -0.15) is 0 Å². The Hall–Kier alpha value is -2.51. The van der Waals surface area contributed by atoms with Crippen molar-refractivity contribution in [2.24, 2.45) is 0 Å². The second-order valence-electron chi connectivity index (χ2n) is 6.15. The van der Waals surface area contributed by atoms with Crippen molar-refractivity contribution in [2.75, 3.05) is 31.1 Å². The van der Waals surface area contributed by atoms with Gasteiger partial charge in [-0.1, -0.05) is 41.7 Å². The number of nitro groups is 1. The number of hydrogen-bond acceptors (Lipinski definition) is 6. The quantitative estimate of drug-likeness (QED) is 0.530. The van der Waals surface area contributed by atoms with Crippen LogP contribution in [-0.4, -0.2) is 41.0 Å². The lowest BCUT2D eigenvalue weighted by molar-refractivity contribution is -0.384. The van der Waals surface area contributed by atoms with E-state index >= 15 is 0 Å². The number of non-ortho nitro benzene ring substituents is 1. The van der Waals surface area contributed by atoms with E-state index in [1.807, 2.05) is 6.07 Å². The number of piperazine rings is 1. The molecule has 128 valence electrons. The van der Waals surface area contributed by atoms with Crippen molar-refractivity contribution in [3.63, 3.8) is 0 Å². The van der Waals surface area contributed by atoms with Gasteiger partial charge in [0.05, 0.1) is 15.1 Å². The van der Waals surface area contributed by atoms with E-state index in [1.54, 1.807) is 12.1 Å². The number of rotatable bonds is 4. The molecule has 0 bridgehead atoms. The summed E-state index contributed by atoms with van der Waals surface area (Å²) >= 11 is 1.53. The van der Waals surface area contributed by atoms with Crippen molar-refractivity contribution < 1.29 is 4.92 Å². The molecule has 1 aliphatic rings. The van der Waals surface area contributed by atoms with Gasteiger partial charge in [0.1, 0.15) is 0 Å². The first-order chi connectivity index (χ1) is 12.2. The van der Waals surface area contributed by atoms with E-state index < -0.39 is 0 Å². The zero-order valence-electron chi connectivity index (χ0n) is 13.7. The molecule has 2 heterocycles. The minimum absolute atomic E-state index is 0.121. The average Bonchev–Trinajstić information content (AvgIpc) is 3.06. The molecule has 1 saturated heterocycles. The first kappa shape index (κ1) is 16.0. The molecule has 6 nitrogen and oxygen atoms in total. The maximum atomic E-state index is 10.9. The van der Waals surface area contributed by atoms with Gasteiger partial charge in [0, 0.05) is 44.9 Å². The van der Waals surface area contributed by atoms with Crippen LogP contribution in [0.1, 0.15) is 5.56 Å². The maximum absolute atomic E-state index is 10.9. The van der Waals surface area contributed by atoms with Crippen LogP contribution in [0.15, 0.2) is 48.5 Å². The molecule has 0 saturated carbocycles. The standard InChI is InChI=1S/C18H18N4O2S/c23-22(24)15-6-7-16-17(12-15)25-18(19-16)21-10-8-20(9-11-21)13-14-4-2-1-3-5-14/h1-7,12H,8-11,13H2. The predicted octanol–water partition coefficient (Wildman–Crippen LogP) is 3.53. The molecule has 0 radical (unpaired) electrons. The van der Waals surface area contributed by atoms with Gasteiger partial charge in [-0.3, -0.25) is 15.0 Å². The molecule has 3 aromatic rings. The average molecular weight is 354 g/mol. The molecule has 1 aromatic heterocycles. The van der Waals surface area contributed by atoms with Crippen LogP contribution in [0.2, 0.25) is 0 Å². The number of benzene rings is 2. The normalized spacial score (nSPS) is 15.6. The van der Waals surface area contributed by atoms with Crippen LogP contribution >= 0.6 is 11.3 Å². The lowest BCUT2D eigenvalue weighted by atomic mass is 10.2. The number of hydrogen-bond donors (Lipinski definition) is 0. The van der Waals surface area contributed by atoms with Crippen molar-refractivity contribution >= 4 is 32.4 Å². The van der Waals surface area contributed by atoms with E-state index in [1.165, 1.54) is 23.0 Å². The molecule has 0 amide bonds. The van der Waals surface area contributed by atoms with Crippen molar-refractivity contribution in [1.29, 1.82) is 0 Å². The molecular weight excluding hydrogens is 336 g/mol. The number of nitrogens with zero attached hydrogens (tertiary/aromatic N) is 4. The number of fused-ring (bicyclic) bond motifs is 1. The van der Waals surface area contributed by atoms with Gasteiger partial charge >= 0.3 is 0 Å². The van der Waals surface area contributed by atoms with Crippen molar-refractivity contribution in [3.05, 3.63) is 64.2 Å². The van der Waals surface area contributed by atoms with Crippen molar-refractivity contribution in [2.45, 2.75) is 6.54 Å². The Morgan fingerprint density at radius 1 is 1.08 bits per heavy atom. The Kier molecular flexibility index (Phi) is 4.33. The van der Waals surface area contributed by atoms with Crippen LogP contribution in [0.3, 0.4) is 0 Å². The summed E-state index contributed by atoms with van der Waals surface area (Å²) < 4.78 is 0.871. The highest BCUT2D eigenvalue weighted by Crippen LogP contribution is 2.31. The first-order valence-electron chi connectivity index (χ1n) is 8.25. The maximum Gasteiger partial charge on any atom is 0.270 e. The van der Waals surface area contributed by atoms with Gasteiger partial charge in [-0.25, -0.2) is 4.98 Å². The zero-order valence-corrected chi connectivity index (χ0v) is 14.5. The van der Waals surface area contributed by atoms with Crippen molar-refractivity contribution in [1.82, 2.24) is 9.88 Å². The fraction of sp³-hybridized carbons (Fsp3) is 0.278. The van der Waals surface area contributed by atoms with E-state index in [0.29, 0.717) is 0 Å². The Labute approximate surface area is 149 Å². The van der Waals surface area contributed by atoms with E-state index in [0.717, 1.165) is 48.1 Å². The van der Waals surface area contributed by atoms with E-state index in [4.69, 9.17) is 0 Å². The summed E-state index contributed by atoms with van der Waals surface area (Å²) in [5, 5.41) is 11.9. The molecule has 7 heteroatoms. The van der Waals surface area contributed by atoms with Gasteiger partial charge in [-0.15, -0.1) is 0 Å². The van der Waals surface area contributed by atoms with Gasteiger partial charge in [-0.05, 0) is 11.6 Å². The zero-order chi connectivity index (χ0) is 17.2. The van der Waals surface area contributed by atoms with Crippen LogP contribution in [0.5, 0.6) is 0 Å². The summed E-state index contributed by atoms with van der Waals surface area (Å²) in [7, 11) is 0. The Morgan fingerprint density at radius 2 is 1.84 bits per heavy atom. The molecule has 25 heavy (non-hydrogen) atoms. The minimum Gasteiger partial charge on any atom is -0.345 e. The number of anilines is 1. The SMILES string of the molecule is O=[N+]([O-])c1ccc2nc(N3CCN(Cc4ccccc4)CC3)sc2c1. The van der Waals surface area contributed by atoms with E-state index in [9.17, 15) is 10.1 Å². The summed E-state index contributed by atoms with van der Waals surface area (Å²) in [6.07, 6.45) is 0. The highest BCUT2D eigenvalue weighted by molar-refractivity contribution is 7.22. The summed E-state index contributed by atoms with van der Waals surface area (Å²) in [5.41, 5.74) is 2.29.